The van der Waals surface area contributed by atoms with Gasteiger partial charge in [-0.3, -0.25) is 0 Å². The summed E-state index contributed by atoms with van der Waals surface area (Å²) in [5.41, 5.74) is 1.89. The molecule has 2 aromatic carbocycles. The zero-order chi connectivity index (χ0) is 25.6. The molecule has 192 valence electrons. The number of ether oxygens (including phenoxy) is 1. The van der Waals surface area contributed by atoms with E-state index in [1.807, 2.05) is 39.0 Å². The molecular formula is C26H34ClNO5S2. The zero-order valence-electron chi connectivity index (χ0n) is 20.5. The second kappa shape index (κ2) is 12.5. The fraction of sp³-hybridized carbons (Fsp3) is 0.500. The molecule has 0 heterocycles. The number of carbonyl (C=O) groups is 1. The number of aliphatic carboxylic acids is 1. The van der Waals surface area contributed by atoms with Gasteiger partial charge in [0.25, 0.3) is 0 Å². The van der Waals surface area contributed by atoms with Gasteiger partial charge in [0.2, 0.25) is 10.0 Å². The lowest BCUT2D eigenvalue weighted by molar-refractivity contribution is -0.139. The molecule has 0 aromatic heterocycles. The number of sulfonamides is 1. The predicted molar refractivity (Wildman–Crippen MR) is 141 cm³/mol. The van der Waals surface area contributed by atoms with Gasteiger partial charge in [0.15, 0.2) is 6.61 Å². The van der Waals surface area contributed by atoms with Gasteiger partial charge in [0.05, 0.1) is 4.90 Å². The van der Waals surface area contributed by atoms with E-state index in [1.54, 1.807) is 34.3 Å². The van der Waals surface area contributed by atoms with Crippen LogP contribution in [0.25, 0.3) is 0 Å². The van der Waals surface area contributed by atoms with Gasteiger partial charge in [-0.25, -0.2) is 13.2 Å². The lowest BCUT2D eigenvalue weighted by Crippen LogP contribution is -2.36. The molecule has 0 radical (unpaired) electrons. The molecule has 6 nitrogen and oxygen atoms in total. The van der Waals surface area contributed by atoms with Crippen LogP contribution in [0.1, 0.15) is 63.0 Å². The van der Waals surface area contributed by atoms with Crippen molar-refractivity contribution in [1.29, 1.82) is 0 Å². The highest BCUT2D eigenvalue weighted by atomic mass is 35.5. The van der Waals surface area contributed by atoms with Crippen molar-refractivity contribution in [2.24, 2.45) is 0 Å². The highest BCUT2D eigenvalue weighted by molar-refractivity contribution is 8.00. The topological polar surface area (TPSA) is 83.9 Å². The van der Waals surface area contributed by atoms with Crippen molar-refractivity contribution < 1.29 is 23.1 Å². The van der Waals surface area contributed by atoms with Gasteiger partial charge in [0.1, 0.15) is 5.75 Å². The number of carboxylic acids is 1. The second-order valence-electron chi connectivity index (χ2n) is 9.07. The van der Waals surface area contributed by atoms with Crippen molar-refractivity contribution in [1.82, 2.24) is 4.31 Å². The van der Waals surface area contributed by atoms with E-state index in [1.165, 1.54) is 12.8 Å². The first kappa shape index (κ1) is 27.8. The molecule has 0 bridgehead atoms. The minimum absolute atomic E-state index is 0.00486. The van der Waals surface area contributed by atoms with E-state index < -0.39 is 16.0 Å². The van der Waals surface area contributed by atoms with E-state index in [0.717, 1.165) is 28.9 Å². The van der Waals surface area contributed by atoms with Crippen molar-refractivity contribution in [3.63, 3.8) is 0 Å². The molecule has 0 amide bonds. The SMILES string of the molecule is CCCN(C[C@@H](C)Sc1ccc(OCC(=O)O)c(C)c1)S(=O)(=O)c1ccc(C2CCCC2)c(Cl)c1. The number of aryl methyl sites for hydroxylation is 1. The summed E-state index contributed by atoms with van der Waals surface area (Å²) in [6, 6.07) is 10.8. The van der Waals surface area contributed by atoms with Gasteiger partial charge >= 0.3 is 5.97 Å². The molecule has 1 N–H and O–H groups in total. The predicted octanol–water partition coefficient (Wildman–Crippen LogP) is 6.35. The molecule has 9 heteroatoms. The van der Waals surface area contributed by atoms with Crippen LogP contribution in [-0.4, -0.2) is 48.7 Å². The average Bonchev–Trinajstić information content (AvgIpc) is 3.32. The molecule has 1 aliphatic carbocycles. The molecule has 0 spiro atoms. The summed E-state index contributed by atoms with van der Waals surface area (Å²) in [5, 5.41) is 9.34. The summed E-state index contributed by atoms with van der Waals surface area (Å²) in [6.07, 6.45) is 5.31. The molecule has 0 unspecified atom stereocenters. The number of halogens is 1. The molecule has 0 aliphatic heterocycles. The van der Waals surface area contributed by atoms with Crippen LogP contribution in [0.15, 0.2) is 46.2 Å². The summed E-state index contributed by atoms with van der Waals surface area (Å²) in [4.78, 5) is 12.0. The normalized spacial score (nSPS) is 15.5. The minimum atomic E-state index is -3.68. The average molecular weight is 540 g/mol. The number of thioether (sulfide) groups is 1. The van der Waals surface area contributed by atoms with Gasteiger partial charge in [-0.1, -0.05) is 44.4 Å². The third-order valence-corrected chi connectivity index (χ3v) is 9.44. The molecule has 2 aromatic rings. The summed E-state index contributed by atoms with van der Waals surface area (Å²) >= 11 is 8.12. The Bertz CT molecular complexity index is 1130. The third kappa shape index (κ3) is 7.38. The maximum Gasteiger partial charge on any atom is 0.341 e. The Morgan fingerprint density at radius 2 is 1.94 bits per heavy atom. The molecule has 1 saturated carbocycles. The molecule has 35 heavy (non-hydrogen) atoms. The van der Waals surface area contributed by atoms with Gasteiger partial charge in [0, 0.05) is 28.3 Å². The third-order valence-electron chi connectivity index (χ3n) is 6.17. The van der Waals surface area contributed by atoms with E-state index in [2.05, 4.69) is 0 Å². The lowest BCUT2D eigenvalue weighted by Gasteiger charge is -2.25. The number of hydrogen-bond acceptors (Lipinski definition) is 5. The summed E-state index contributed by atoms with van der Waals surface area (Å²) in [6.45, 7) is 6.23. The van der Waals surface area contributed by atoms with Crippen LogP contribution in [0, 0.1) is 6.92 Å². The van der Waals surface area contributed by atoms with E-state index >= 15 is 0 Å². The van der Waals surface area contributed by atoms with Crippen LogP contribution in [0.3, 0.4) is 0 Å². The van der Waals surface area contributed by atoms with Crippen molar-refractivity contribution in [2.75, 3.05) is 19.7 Å². The van der Waals surface area contributed by atoms with Crippen molar-refractivity contribution in [3.05, 3.63) is 52.5 Å². The molecule has 1 atom stereocenters. The summed E-state index contributed by atoms with van der Waals surface area (Å²) in [7, 11) is -3.68. The van der Waals surface area contributed by atoms with Crippen LogP contribution in [-0.2, 0) is 14.8 Å². The van der Waals surface area contributed by atoms with E-state index in [-0.39, 0.29) is 16.8 Å². The van der Waals surface area contributed by atoms with Gasteiger partial charge in [-0.05, 0) is 73.6 Å². The molecule has 1 aliphatic rings. The Labute approximate surface area is 218 Å². The van der Waals surface area contributed by atoms with Crippen molar-refractivity contribution >= 4 is 39.4 Å². The number of hydrogen-bond donors (Lipinski definition) is 1. The molecule has 1 fully saturated rings. The second-order valence-corrected chi connectivity index (χ2v) is 12.9. The van der Waals surface area contributed by atoms with E-state index in [9.17, 15) is 13.2 Å². The maximum atomic E-state index is 13.5. The Morgan fingerprint density at radius 1 is 1.23 bits per heavy atom. The monoisotopic (exact) mass is 539 g/mol. The molecular weight excluding hydrogens is 506 g/mol. The quantitative estimate of drug-likeness (QED) is 0.316. The Hall–Kier alpha value is -1.74. The first-order valence-corrected chi connectivity index (χ1v) is 14.7. The fourth-order valence-electron chi connectivity index (χ4n) is 4.50. The van der Waals surface area contributed by atoms with Gasteiger partial charge in [-0.15, -0.1) is 11.8 Å². The zero-order valence-corrected chi connectivity index (χ0v) is 22.9. The van der Waals surface area contributed by atoms with Crippen LogP contribution in [0.2, 0.25) is 5.02 Å². The smallest absolute Gasteiger partial charge is 0.341 e. The van der Waals surface area contributed by atoms with Crippen LogP contribution in [0.4, 0.5) is 0 Å². The van der Waals surface area contributed by atoms with E-state index in [0.29, 0.717) is 36.2 Å². The molecule has 3 rings (SSSR count). The number of benzene rings is 2. The van der Waals surface area contributed by atoms with Crippen molar-refractivity contribution in [3.8, 4) is 5.75 Å². The first-order valence-electron chi connectivity index (χ1n) is 12.0. The Balaban J connectivity index is 1.71. The van der Waals surface area contributed by atoms with E-state index in [4.69, 9.17) is 21.4 Å². The first-order chi connectivity index (χ1) is 16.6. The van der Waals surface area contributed by atoms with Crippen LogP contribution in [0.5, 0.6) is 5.75 Å². The number of nitrogens with zero attached hydrogens (tertiary/aromatic N) is 1. The lowest BCUT2D eigenvalue weighted by atomic mass is 9.98. The van der Waals surface area contributed by atoms with Gasteiger partial charge < -0.3 is 9.84 Å². The minimum Gasteiger partial charge on any atom is -0.482 e. The Morgan fingerprint density at radius 3 is 2.54 bits per heavy atom. The van der Waals surface area contributed by atoms with Crippen molar-refractivity contribution in [2.45, 2.75) is 73.8 Å². The largest absolute Gasteiger partial charge is 0.482 e. The number of rotatable bonds is 12. The van der Waals surface area contributed by atoms with Crippen LogP contribution < -0.4 is 4.74 Å². The highest BCUT2D eigenvalue weighted by Gasteiger charge is 2.28. The Kier molecular flexibility index (Phi) is 9.93. The number of carboxylic acid groups (broad SMARTS) is 1. The standard InChI is InChI=1S/C26H34ClNO5S2/c1-4-13-28(16-19(3)34-21-9-12-25(18(2)14-21)33-17-26(29)30)35(31,32)22-10-11-23(24(27)15-22)20-7-5-6-8-20/h9-12,14-15,19-20H,4-8,13,16-17H2,1-3H3,(H,29,30)/t19-/m1/s1. The van der Waals surface area contributed by atoms with Crippen LogP contribution >= 0.6 is 23.4 Å². The van der Waals surface area contributed by atoms with Gasteiger partial charge in [-0.2, -0.15) is 4.31 Å². The summed E-state index contributed by atoms with van der Waals surface area (Å²) < 4.78 is 33.9. The maximum absolute atomic E-state index is 13.5. The molecule has 0 saturated heterocycles. The highest BCUT2D eigenvalue weighted by Crippen LogP contribution is 2.38. The fourth-order valence-corrected chi connectivity index (χ4v) is 7.75. The summed E-state index contributed by atoms with van der Waals surface area (Å²) in [5.74, 6) is -0.0764.